The van der Waals surface area contributed by atoms with Crippen molar-refractivity contribution < 1.29 is 0 Å². The van der Waals surface area contributed by atoms with E-state index < -0.39 is 0 Å². The number of hydrogen-bond acceptors (Lipinski definition) is 2. The van der Waals surface area contributed by atoms with Crippen molar-refractivity contribution in [2.75, 3.05) is 0 Å². The van der Waals surface area contributed by atoms with Gasteiger partial charge in [-0.2, -0.15) is 0 Å². The van der Waals surface area contributed by atoms with Crippen LogP contribution in [-0.4, -0.2) is 0 Å². The molecule has 1 nitrogen and oxygen atoms in total. The predicted molar refractivity (Wildman–Crippen MR) is 75.8 cm³/mol. The van der Waals surface area contributed by atoms with Crippen molar-refractivity contribution in [2.45, 2.75) is 26.4 Å². The summed E-state index contributed by atoms with van der Waals surface area (Å²) in [6.45, 7) is 5.21. The van der Waals surface area contributed by atoms with Gasteiger partial charge in [0.05, 0.1) is 4.34 Å². The van der Waals surface area contributed by atoms with Gasteiger partial charge in [-0.1, -0.05) is 35.9 Å². The molecule has 0 amide bonds. The lowest BCUT2D eigenvalue weighted by Crippen LogP contribution is -2.18. The largest absolute Gasteiger partial charge is 0.305 e. The first-order valence-electron chi connectivity index (χ1n) is 5.70. The van der Waals surface area contributed by atoms with Gasteiger partial charge in [0.15, 0.2) is 0 Å². The summed E-state index contributed by atoms with van der Waals surface area (Å²) in [7, 11) is 0. The summed E-state index contributed by atoms with van der Waals surface area (Å²) >= 11 is 7.54. The minimum absolute atomic E-state index is 0.358. The maximum Gasteiger partial charge on any atom is 0.0931 e. The average molecular weight is 266 g/mol. The Hall–Kier alpha value is -0.830. The summed E-state index contributed by atoms with van der Waals surface area (Å²) in [4.78, 5) is 1.27. The summed E-state index contributed by atoms with van der Waals surface area (Å²) < 4.78 is 0.852. The zero-order valence-electron chi connectivity index (χ0n) is 10.0. The third kappa shape index (κ3) is 3.32. The van der Waals surface area contributed by atoms with E-state index in [2.05, 4.69) is 49.5 Å². The van der Waals surface area contributed by atoms with E-state index in [4.69, 9.17) is 11.6 Å². The van der Waals surface area contributed by atoms with Gasteiger partial charge in [0, 0.05) is 17.5 Å². The Labute approximate surface area is 111 Å². The molecule has 0 aliphatic heterocycles. The van der Waals surface area contributed by atoms with E-state index in [1.54, 1.807) is 11.3 Å². The van der Waals surface area contributed by atoms with E-state index >= 15 is 0 Å². The van der Waals surface area contributed by atoms with E-state index in [0.29, 0.717) is 6.04 Å². The van der Waals surface area contributed by atoms with Gasteiger partial charge < -0.3 is 5.32 Å². The average Bonchev–Trinajstić information content (AvgIpc) is 2.73. The number of halogens is 1. The van der Waals surface area contributed by atoms with Gasteiger partial charge >= 0.3 is 0 Å². The van der Waals surface area contributed by atoms with Gasteiger partial charge in [0.25, 0.3) is 0 Å². The first-order valence-corrected chi connectivity index (χ1v) is 6.89. The van der Waals surface area contributed by atoms with Crippen LogP contribution in [0, 0.1) is 6.92 Å². The highest BCUT2D eigenvalue weighted by molar-refractivity contribution is 7.16. The third-order valence-electron chi connectivity index (χ3n) is 2.87. The first-order chi connectivity index (χ1) is 8.16. The molecule has 0 unspecified atom stereocenters. The van der Waals surface area contributed by atoms with Crippen LogP contribution in [0.25, 0.3) is 0 Å². The highest BCUT2D eigenvalue weighted by Gasteiger charge is 2.07. The second-order valence-corrected chi connectivity index (χ2v) is 5.96. The fraction of sp³-hybridized carbons (Fsp3) is 0.286. The molecule has 2 aromatic rings. The Kier molecular flexibility index (Phi) is 4.21. The fourth-order valence-corrected chi connectivity index (χ4v) is 2.92. The zero-order valence-corrected chi connectivity index (χ0v) is 11.6. The molecule has 3 heteroatoms. The van der Waals surface area contributed by atoms with E-state index in [9.17, 15) is 0 Å². The SMILES string of the molecule is Cc1ccccc1[C@H](C)NCc1ccc(Cl)s1. The van der Waals surface area contributed by atoms with Gasteiger partial charge in [0.1, 0.15) is 0 Å². The molecular formula is C14H16ClNS. The summed E-state index contributed by atoms with van der Waals surface area (Å²) in [5, 5.41) is 3.52. The summed E-state index contributed by atoms with van der Waals surface area (Å²) in [6.07, 6.45) is 0. The van der Waals surface area contributed by atoms with Gasteiger partial charge in [-0.3, -0.25) is 0 Å². The standard InChI is InChI=1S/C14H16ClNS/c1-10-5-3-4-6-13(10)11(2)16-9-12-7-8-14(15)17-12/h3-8,11,16H,9H2,1-2H3/t11-/m0/s1. The van der Waals surface area contributed by atoms with Crippen molar-refractivity contribution in [1.82, 2.24) is 5.32 Å². The Morgan fingerprint density at radius 1 is 1.24 bits per heavy atom. The van der Waals surface area contributed by atoms with E-state index in [0.717, 1.165) is 10.9 Å². The van der Waals surface area contributed by atoms with E-state index in [1.165, 1.54) is 16.0 Å². The van der Waals surface area contributed by atoms with Gasteiger partial charge in [0.2, 0.25) is 0 Å². The summed E-state index contributed by atoms with van der Waals surface area (Å²) in [5.41, 5.74) is 2.69. The van der Waals surface area contributed by atoms with Crippen molar-refractivity contribution in [1.29, 1.82) is 0 Å². The number of thiophene rings is 1. The molecule has 0 saturated carbocycles. The molecule has 0 spiro atoms. The first kappa shape index (κ1) is 12.6. The second-order valence-electron chi connectivity index (χ2n) is 4.16. The normalized spacial score (nSPS) is 12.6. The van der Waals surface area contributed by atoms with Crippen LogP contribution in [0.3, 0.4) is 0 Å². The summed E-state index contributed by atoms with van der Waals surface area (Å²) in [6, 6.07) is 12.9. The minimum atomic E-state index is 0.358. The molecule has 2 rings (SSSR count). The smallest absolute Gasteiger partial charge is 0.0931 e. The highest BCUT2D eigenvalue weighted by Crippen LogP contribution is 2.22. The maximum atomic E-state index is 5.91. The molecule has 1 heterocycles. The fourth-order valence-electron chi connectivity index (χ4n) is 1.88. The zero-order chi connectivity index (χ0) is 12.3. The van der Waals surface area contributed by atoms with Crippen molar-refractivity contribution >= 4 is 22.9 Å². The number of aryl methyl sites for hydroxylation is 1. The quantitative estimate of drug-likeness (QED) is 0.855. The van der Waals surface area contributed by atoms with Crippen LogP contribution in [0.4, 0.5) is 0 Å². The second kappa shape index (κ2) is 5.67. The molecule has 1 atom stereocenters. The van der Waals surface area contributed by atoms with Crippen molar-refractivity contribution in [2.24, 2.45) is 0 Å². The predicted octanol–water partition coefficient (Wildman–Crippen LogP) is 4.56. The van der Waals surface area contributed by atoms with Crippen LogP contribution in [0.1, 0.15) is 29.0 Å². The Bertz CT molecular complexity index is 492. The van der Waals surface area contributed by atoms with Crippen LogP contribution < -0.4 is 5.32 Å². The molecule has 0 radical (unpaired) electrons. The molecule has 1 aromatic heterocycles. The minimum Gasteiger partial charge on any atom is -0.305 e. The monoisotopic (exact) mass is 265 g/mol. The van der Waals surface area contributed by atoms with Crippen molar-refractivity contribution in [3.05, 3.63) is 56.7 Å². The maximum absolute atomic E-state index is 5.91. The third-order valence-corrected chi connectivity index (χ3v) is 4.10. The number of hydrogen-bond donors (Lipinski definition) is 1. The van der Waals surface area contributed by atoms with Crippen LogP contribution in [0.5, 0.6) is 0 Å². The lowest BCUT2D eigenvalue weighted by atomic mass is 10.0. The van der Waals surface area contributed by atoms with Crippen LogP contribution in [-0.2, 0) is 6.54 Å². The van der Waals surface area contributed by atoms with Crippen LogP contribution in [0.15, 0.2) is 36.4 Å². The molecule has 1 N–H and O–H groups in total. The highest BCUT2D eigenvalue weighted by atomic mass is 35.5. The van der Waals surface area contributed by atoms with Crippen LogP contribution >= 0.6 is 22.9 Å². The molecule has 0 saturated heterocycles. The van der Waals surface area contributed by atoms with E-state index in [-0.39, 0.29) is 0 Å². The Morgan fingerprint density at radius 3 is 2.65 bits per heavy atom. The summed E-state index contributed by atoms with van der Waals surface area (Å²) in [5.74, 6) is 0. The molecule has 90 valence electrons. The Balaban J connectivity index is 1.98. The van der Waals surface area contributed by atoms with Crippen LogP contribution in [0.2, 0.25) is 4.34 Å². The Morgan fingerprint density at radius 2 is 2.00 bits per heavy atom. The van der Waals surface area contributed by atoms with E-state index in [1.807, 2.05) is 6.07 Å². The van der Waals surface area contributed by atoms with Gasteiger partial charge in [-0.25, -0.2) is 0 Å². The molecule has 0 fully saturated rings. The molecule has 1 aromatic carbocycles. The lowest BCUT2D eigenvalue weighted by molar-refractivity contribution is 0.576. The molecular weight excluding hydrogens is 250 g/mol. The number of nitrogens with one attached hydrogen (secondary N) is 1. The molecule has 0 aliphatic rings. The topological polar surface area (TPSA) is 12.0 Å². The molecule has 0 aliphatic carbocycles. The van der Waals surface area contributed by atoms with Gasteiger partial charge in [-0.05, 0) is 37.1 Å². The van der Waals surface area contributed by atoms with Crippen molar-refractivity contribution in [3.63, 3.8) is 0 Å². The number of rotatable bonds is 4. The molecule has 17 heavy (non-hydrogen) atoms. The van der Waals surface area contributed by atoms with Gasteiger partial charge in [-0.15, -0.1) is 11.3 Å². The number of benzene rings is 1. The lowest BCUT2D eigenvalue weighted by Gasteiger charge is -2.15. The molecule has 0 bridgehead atoms. The van der Waals surface area contributed by atoms with Crippen molar-refractivity contribution in [3.8, 4) is 0 Å².